The van der Waals surface area contributed by atoms with Gasteiger partial charge in [0.1, 0.15) is 0 Å². The van der Waals surface area contributed by atoms with E-state index in [1.165, 1.54) is 42.6 Å². The Morgan fingerprint density at radius 2 is 1.83 bits per heavy atom. The Morgan fingerprint density at radius 3 is 2.48 bits per heavy atom. The standard InChI is InChI=1S/C21H25ClN/c1-16(2)20-5-3-4-6-21(20)18-11-13-23(14-12-18)15-17-7-9-19(22)10-8-17/h3-4,6-10,16,18H,11-15H2,1-2H3. The van der Waals surface area contributed by atoms with Crippen LogP contribution in [0.15, 0.2) is 42.5 Å². The number of hydrogen-bond acceptors (Lipinski definition) is 1. The van der Waals surface area contributed by atoms with Crippen molar-refractivity contribution in [3.8, 4) is 0 Å². The highest BCUT2D eigenvalue weighted by atomic mass is 35.5. The highest BCUT2D eigenvalue weighted by molar-refractivity contribution is 6.30. The summed E-state index contributed by atoms with van der Waals surface area (Å²) >= 11 is 5.97. The van der Waals surface area contributed by atoms with Crippen molar-refractivity contribution in [1.29, 1.82) is 0 Å². The Kier molecular flexibility index (Phi) is 5.40. The van der Waals surface area contributed by atoms with Gasteiger partial charge in [-0.2, -0.15) is 0 Å². The van der Waals surface area contributed by atoms with Crippen molar-refractivity contribution in [3.05, 3.63) is 70.2 Å². The zero-order valence-corrected chi connectivity index (χ0v) is 14.8. The second kappa shape index (κ2) is 7.51. The summed E-state index contributed by atoms with van der Waals surface area (Å²) in [7, 11) is 0. The van der Waals surface area contributed by atoms with Crippen LogP contribution in [0.4, 0.5) is 0 Å². The molecule has 1 nitrogen and oxygen atoms in total. The van der Waals surface area contributed by atoms with Gasteiger partial charge < -0.3 is 0 Å². The molecule has 2 aromatic carbocycles. The molecule has 1 radical (unpaired) electrons. The van der Waals surface area contributed by atoms with Gasteiger partial charge in [0.15, 0.2) is 0 Å². The molecule has 1 aliphatic rings. The van der Waals surface area contributed by atoms with Crippen molar-refractivity contribution in [3.63, 3.8) is 0 Å². The molecule has 121 valence electrons. The van der Waals surface area contributed by atoms with E-state index in [2.05, 4.69) is 55.1 Å². The molecule has 0 saturated carbocycles. The fraction of sp³-hybridized carbons (Fsp3) is 0.429. The van der Waals surface area contributed by atoms with Gasteiger partial charge in [0.2, 0.25) is 0 Å². The molecule has 1 saturated heterocycles. The van der Waals surface area contributed by atoms with E-state index < -0.39 is 0 Å². The first-order valence-corrected chi connectivity index (χ1v) is 8.98. The predicted octanol–water partition coefficient (Wildman–Crippen LogP) is 5.64. The van der Waals surface area contributed by atoms with E-state index in [0.717, 1.165) is 11.6 Å². The van der Waals surface area contributed by atoms with E-state index in [0.29, 0.717) is 11.8 Å². The van der Waals surface area contributed by atoms with Crippen LogP contribution < -0.4 is 0 Å². The lowest BCUT2D eigenvalue weighted by molar-refractivity contribution is 0.204. The molecule has 1 fully saturated rings. The molecular weight excluding hydrogens is 302 g/mol. The van der Waals surface area contributed by atoms with Gasteiger partial charge in [0.25, 0.3) is 0 Å². The van der Waals surface area contributed by atoms with Crippen molar-refractivity contribution in [2.24, 2.45) is 0 Å². The average molecular weight is 327 g/mol. The topological polar surface area (TPSA) is 3.24 Å². The number of piperidine rings is 1. The van der Waals surface area contributed by atoms with Crippen molar-refractivity contribution in [1.82, 2.24) is 4.90 Å². The van der Waals surface area contributed by atoms with Gasteiger partial charge in [0.05, 0.1) is 0 Å². The molecule has 3 rings (SSSR count). The molecule has 0 bridgehead atoms. The molecular formula is C21H25ClN. The lowest BCUT2D eigenvalue weighted by atomic mass is 9.83. The van der Waals surface area contributed by atoms with E-state index in [1.807, 2.05) is 12.1 Å². The number of likely N-dealkylation sites (tertiary alicyclic amines) is 1. The highest BCUT2D eigenvalue weighted by Gasteiger charge is 2.23. The Morgan fingerprint density at radius 1 is 1.13 bits per heavy atom. The minimum absolute atomic E-state index is 0.554. The van der Waals surface area contributed by atoms with Gasteiger partial charge in [-0.15, -0.1) is 0 Å². The van der Waals surface area contributed by atoms with E-state index in [1.54, 1.807) is 0 Å². The summed E-state index contributed by atoms with van der Waals surface area (Å²) in [5.74, 6) is 1.24. The first-order chi connectivity index (χ1) is 11.1. The van der Waals surface area contributed by atoms with Crippen molar-refractivity contribution in [2.45, 2.75) is 45.1 Å². The van der Waals surface area contributed by atoms with Crippen LogP contribution >= 0.6 is 11.6 Å². The predicted molar refractivity (Wildman–Crippen MR) is 98.1 cm³/mol. The van der Waals surface area contributed by atoms with Crippen LogP contribution in [-0.4, -0.2) is 18.0 Å². The zero-order chi connectivity index (χ0) is 16.2. The summed E-state index contributed by atoms with van der Waals surface area (Å²) in [4.78, 5) is 2.56. The largest absolute Gasteiger partial charge is 0.299 e. The Bertz CT molecular complexity index is 625. The van der Waals surface area contributed by atoms with Crippen molar-refractivity contribution in [2.75, 3.05) is 13.1 Å². The van der Waals surface area contributed by atoms with Crippen LogP contribution in [0.1, 0.15) is 55.2 Å². The summed E-state index contributed by atoms with van der Waals surface area (Å²) in [6.07, 6.45) is 2.48. The monoisotopic (exact) mass is 326 g/mol. The fourth-order valence-electron chi connectivity index (χ4n) is 3.57. The third-order valence-corrected chi connectivity index (χ3v) is 5.10. The average Bonchev–Trinajstić information content (AvgIpc) is 2.58. The first kappa shape index (κ1) is 16.5. The second-order valence-electron chi connectivity index (χ2n) is 6.87. The third kappa shape index (κ3) is 4.16. The first-order valence-electron chi connectivity index (χ1n) is 8.61. The van der Waals surface area contributed by atoms with Crippen LogP contribution in [0.3, 0.4) is 0 Å². The number of rotatable bonds is 4. The molecule has 23 heavy (non-hydrogen) atoms. The van der Waals surface area contributed by atoms with Gasteiger partial charge in [-0.1, -0.05) is 55.8 Å². The highest BCUT2D eigenvalue weighted by Crippen LogP contribution is 2.33. The maximum Gasteiger partial charge on any atom is 0.0406 e. The zero-order valence-electron chi connectivity index (χ0n) is 14.1. The Balaban J connectivity index is 1.61. The number of hydrogen-bond donors (Lipinski definition) is 0. The second-order valence-corrected chi connectivity index (χ2v) is 7.31. The molecule has 0 unspecified atom stereocenters. The number of nitrogens with zero attached hydrogens (tertiary/aromatic N) is 1. The Labute approximate surface area is 145 Å². The molecule has 1 heterocycles. The van der Waals surface area contributed by atoms with Crippen LogP contribution in [0, 0.1) is 6.07 Å². The van der Waals surface area contributed by atoms with Crippen molar-refractivity contribution >= 4 is 11.6 Å². The van der Waals surface area contributed by atoms with Crippen LogP contribution in [0.2, 0.25) is 5.02 Å². The smallest absolute Gasteiger partial charge is 0.0406 e. The summed E-state index contributed by atoms with van der Waals surface area (Å²) in [6.45, 7) is 7.90. The minimum Gasteiger partial charge on any atom is -0.299 e. The molecule has 2 aromatic rings. The minimum atomic E-state index is 0.554. The molecule has 0 spiro atoms. The summed E-state index contributed by atoms with van der Waals surface area (Å²) in [5, 5.41) is 0.814. The third-order valence-electron chi connectivity index (χ3n) is 4.85. The van der Waals surface area contributed by atoms with Gasteiger partial charge >= 0.3 is 0 Å². The van der Waals surface area contributed by atoms with E-state index in [9.17, 15) is 0 Å². The molecule has 0 atom stereocenters. The Hall–Kier alpha value is -1.31. The van der Waals surface area contributed by atoms with Crippen LogP contribution in [0.5, 0.6) is 0 Å². The number of halogens is 1. The SMILES string of the molecule is CC(C)c1[c]cccc1C1CCN(Cc2ccc(Cl)cc2)CC1. The molecule has 1 aliphatic heterocycles. The quantitative estimate of drug-likeness (QED) is 0.702. The van der Waals surface area contributed by atoms with E-state index >= 15 is 0 Å². The van der Waals surface area contributed by atoms with Crippen LogP contribution in [0.25, 0.3) is 0 Å². The number of benzene rings is 2. The summed E-state index contributed by atoms with van der Waals surface area (Å²) < 4.78 is 0. The van der Waals surface area contributed by atoms with E-state index in [-0.39, 0.29) is 0 Å². The fourth-order valence-corrected chi connectivity index (χ4v) is 3.69. The normalized spacial score (nSPS) is 16.9. The van der Waals surface area contributed by atoms with Gasteiger partial charge in [-0.25, -0.2) is 0 Å². The molecule has 0 amide bonds. The molecule has 0 N–H and O–H groups in total. The summed E-state index contributed by atoms with van der Waals surface area (Å²) in [6, 6.07) is 18.2. The lowest BCUT2D eigenvalue weighted by Gasteiger charge is -2.33. The van der Waals surface area contributed by atoms with Gasteiger partial charge in [-0.3, -0.25) is 4.90 Å². The maximum atomic E-state index is 5.97. The maximum absolute atomic E-state index is 5.97. The lowest BCUT2D eigenvalue weighted by Crippen LogP contribution is -2.32. The van der Waals surface area contributed by atoms with Crippen molar-refractivity contribution < 1.29 is 0 Å². The van der Waals surface area contributed by atoms with Gasteiger partial charge in [-0.05, 0) is 72.7 Å². The molecule has 0 aromatic heterocycles. The van der Waals surface area contributed by atoms with Crippen LogP contribution in [-0.2, 0) is 6.54 Å². The van der Waals surface area contributed by atoms with Gasteiger partial charge in [0, 0.05) is 11.6 Å². The molecule has 0 aliphatic carbocycles. The molecule has 2 heteroatoms. The van der Waals surface area contributed by atoms with E-state index in [4.69, 9.17) is 11.6 Å². The summed E-state index contributed by atoms with van der Waals surface area (Å²) in [5.41, 5.74) is 4.28.